The summed E-state index contributed by atoms with van der Waals surface area (Å²) in [7, 11) is 1.36. The molecule has 2 aromatic rings. The Morgan fingerprint density at radius 1 is 1.27 bits per heavy atom. The third-order valence-corrected chi connectivity index (χ3v) is 6.33. The van der Waals surface area contributed by atoms with Gasteiger partial charge in [-0.1, -0.05) is 13.5 Å². The van der Waals surface area contributed by atoms with Gasteiger partial charge in [0.2, 0.25) is 0 Å². The molecule has 2 saturated heterocycles. The number of hydrogen-bond acceptors (Lipinski definition) is 4. The Labute approximate surface area is 189 Å². The summed E-state index contributed by atoms with van der Waals surface area (Å²) in [5, 5.41) is 0. The van der Waals surface area contributed by atoms with Crippen LogP contribution in [-0.2, 0) is 10.9 Å². The highest BCUT2D eigenvalue weighted by molar-refractivity contribution is 5.79. The van der Waals surface area contributed by atoms with E-state index in [9.17, 15) is 22.4 Å². The highest BCUT2D eigenvalue weighted by atomic mass is 19.4. The van der Waals surface area contributed by atoms with Crippen LogP contribution in [0, 0.1) is 5.82 Å². The third-order valence-electron chi connectivity index (χ3n) is 6.33. The fourth-order valence-corrected chi connectivity index (χ4v) is 4.59. The maximum Gasteiger partial charge on any atom is 0.433 e. The molecule has 2 fully saturated rings. The van der Waals surface area contributed by atoms with Crippen molar-refractivity contribution in [3.63, 3.8) is 0 Å². The number of amides is 1. The largest absolute Gasteiger partial charge is 0.496 e. The van der Waals surface area contributed by atoms with E-state index in [1.54, 1.807) is 0 Å². The quantitative estimate of drug-likeness (QED) is 0.482. The Bertz CT molecular complexity index is 1100. The number of allylic oxidation sites excluding steroid dienone is 1. The van der Waals surface area contributed by atoms with Gasteiger partial charge in [-0.05, 0) is 49.0 Å². The molecule has 0 N–H and O–H groups in total. The minimum atomic E-state index is -4.67. The van der Waals surface area contributed by atoms with Crippen molar-refractivity contribution < 1.29 is 31.8 Å². The summed E-state index contributed by atoms with van der Waals surface area (Å²) in [6.07, 6.45) is -1.69. The fraction of sp³-hybridized carbons (Fsp3) is 0.417. The van der Waals surface area contributed by atoms with Crippen LogP contribution in [0.5, 0.6) is 5.75 Å². The summed E-state index contributed by atoms with van der Waals surface area (Å²) in [4.78, 5) is 17.6. The molecule has 2 unspecified atom stereocenters. The number of ether oxygens (including phenoxy) is 2. The lowest BCUT2D eigenvalue weighted by Gasteiger charge is -2.36. The van der Waals surface area contributed by atoms with Crippen molar-refractivity contribution in [2.75, 3.05) is 13.7 Å². The number of carbonyl (C=O) groups is 1. The van der Waals surface area contributed by atoms with Gasteiger partial charge in [0, 0.05) is 29.0 Å². The molecule has 1 aromatic heterocycles. The molecule has 1 amide bonds. The van der Waals surface area contributed by atoms with Crippen LogP contribution in [-0.4, -0.2) is 35.7 Å². The van der Waals surface area contributed by atoms with Crippen molar-refractivity contribution in [2.45, 2.75) is 50.9 Å². The van der Waals surface area contributed by atoms with Crippen molar-refractivity contribution in [1.29, 1.82) is 0 Å². The maximum absolute atomic E-state index is 14.7. The molecule has 9 heteroatoms. The SMILES string of the molecule is C=C(CC)c1cc(-c2cnc(C(F)(F)F)cc2C2CCCC3COC(=O)N32)c(OC)cc1F. The standard InChI is InChI=1S/C24H24F4N2O3/c1-4-13(2)15-8-17(21(32-3)10-19(15)25)18-11-29-22(24(26,27)28)9-16(18)20-7-5-6-14-12-33-23(31)30(14)20/h8-11,14,20H,2,4-7,12H2,1,3H3. The lowest BCUT2D eigenvalue weighted by Crippen LogP contribution is -2.40. The molecule has 5 nitrogen and oxygen atoms in total. The maximum atomic E-state index is 14.7. The summed E-state index contributed by atoms with van der Waals surface area (Å²) in [6.45, 7) is 5.93. The number of nitrogens with zero attached hydrogens (tertiary/aromatic N) is 2. The first-order valence-electron chi connectivity index (χ1n) is 10.7. The van der Waals surface area contributed by atoms with Gasteiger partial charge < -0.3 is 9.47 Å². The molecular weight excluding hydrogens is 440 g/mol. The highest BCUT2D eigenvalue weighted by Crippen LogP contribution is 2.45. The number of methoxy groups -OCH3 is 1. The summed E-state index contributed by atoms with van der Waals surface area (Å²) >= 11 is 0. The van der Waals surface area contributed by atoms with Crippen molar-refractivity contribution in [3.8, 4) is 16.9 Å². The number of rotatable bonds is 5. The zero-order valence-electron chi connectivity index (χ0n) is 18.3. The molecule has 0 bridgehead atoms. The van der Waals surface area contributed by atoms with Gasteiger partial charge in [-0.2, -0.15) is 13.2 Å². The van der Waals surface area contributed by atoms with Crippen molar-refractivity contribution in [3.05, 3.63) is 53.6 Å². The Morgan fingerprint density at radius 2 is 2.03 bits per heavy atom. The zero-order chi connectivity index (χ0) is 23.9. The van der Waals surface area contributed by atoms with Crippen LogP contribution in [0.4, 0.5) is 22.4 Å². The van der Waals surface area contributed by atoms with Gasteiger partial charge in [0.05, 0.1) is 19.2 Å². The van der Waals surface area contributed by atoms with Crippen LogP contribution in [0.15, 0.2) is 31.0 Å². The van der Waals surface area contributed by atoms with Crippen molar-refractivity contribution >= 4 is 11.7 Å². The van der Waals surface area contributed by atoms with Crippen molar-refractivity contribution in [1.82, 2.24) is 9.88 Å². The van der Waals surface area contributed by atoms with Gasteiger partial charge in [0.25, 0.3) is 0 Å². The van der Waals surface area contributed by atoms with Crippen LogP contribution in [0.1, 0.15) is 55.5 Å². The molecule has 2 atom stereocenters. The first-order chi connectivity index (χ1) is 15.7. The van der Waals surface area contributed by atoms with Gasteiger partial charge in [0.15, 0.2) is 0 Å². The third kappa shape index (κ3) is 4.16. The van der Waals surface area contributed by atoms with Crippen LogP contribution in [0.25, 0.3) is 16.7 Å². The van der Waals surface area contributed by atoms with Crippen molar-refractivity contribution in [2.24, 2.45) is 0 Å². The van der Waals surface area contributed by atoms with Gasteiger partial charge in [-0.3, -0.25) is 9.88 Å². The molecule has 1 aromatic carbocycles. The normalized spacial score (nSPS) is 20.4. The minimum absolute atomic E-state index is 0.152. The number of alkyl halides is 3. The Morgan fingerprint density at radius 3 is 2.70 bits per heavy atom. The molecule has 0 radical (unpaired) electrons. The molecule has 0 spiro atoms. The second-order valence-corrected chi connectivity index (χ2v) is 8.23. The van der Waals surface area contributed by atoms with Crippen LogP contribution < -0.4 is 4.74 Å². The summed E-state index contributed by atoms with van der Waals surface area (Å²) in [5.74, 6) is -0.385. The summed E-state index contributed by atoms with van der Waals surface area (Å²) in [6, 6.07) is 2.87. The number of hydrogen-bond donors (Lipinski definition) is 0. The second kappa shape index (κ2) is 8.68. The number of pyridine rings is 1. The number of cyclic esters (lactones) is 1. The Kier molecular flexibility index (Phi) is 6.07. The summed E-state index contributed by atoms with van der Waals surface area (Å²) < 4.78 is 66.0. The molecule has 3 heterocycles. The molecule has 0 aliphatic carbocycles. The fourth-order valence-electron chi connectivity index (χ4n) is 4.59. The van der Waals surface area contributed by atoms with E-state index < -0.39 is 29.8 Å². The molecule has 33 heavy (non-hydrogen) atoms. The molecule has 2 aliphatic heterocycles. The smallest absolute Gasteiger partial charge is 0.433 e. The van der Waals surface area contributed by atoms with E-state index in [0.29, 0.717) is 29.5 Å². The van der Waals surface area contributed by atoms with E-state index in [-0.39, 0.29) is 29.5 Å². The van der Waals surface area contributed by atoms with Gasteiger partial charge >= 0.3 is 12.3 Å². The van der Waals surface area contributed by atoms with Gasteiger partial charge in [-0.25, -0.2) is 9.18 Å². The van der Waals surface area contributed by atoms with Crippen LogP contribution in [0.3, 0.4) is 0 Å². The predicted molar refractivity (Wildman–Crippen MR) is 114 cm³/mol. The lowest BCUT2D eigenvalue weighted by molar-refractivity contribution is -0.141. The number of halogens is 4. The van der Waals surface area contributed by atoms with E-state index in [1.807, 2.05) is 6.92 Å². The first kappa shape index (κ1) is 23.1. The number of fused-ring (bicyclic) bond motifs is 1. The predicted octanol–water partition coefficient (Wildman–Crippen LogP) is 6.38. The topological polar surface area (TPSA) is 51.7 Å². The van der Waals surface area contributed by atoms with Gasteiger partial charge in [0.1, 0.15) is 23.9 Å². The minimum Gasteiger partial charge on any atom is -0.496 e. The number of aromatic nitrogens is 1. The lowest BCUT2D eigenvalue weighted by atomic mass is 9.86. The van der Waals surface area contributed by atoms with Crippen LogP contribution in [0.2, 0.25) is 0 Å². The van der Waals surface area contributed by atoms with E-state index in [4.69, 9.17) is 9.47 Å². The summed E-state index contributed by atoms with van der Waals surface area (Å²) in [5.41, 5.74) is 0.735. The molecule has 2 aliphatic rings. The average molecular weight is 464 g/mol. The first-order valence-corrected chi connectivity index (χ1v) is 10.7. The number of benzene rings is 1. The molecular formula is C24H24F4N2O3. The van der Waals surface area contributed by atoms with E-state index in [0.717, 1.165) is 25.1 Å². The van der Waals surface area contributed by atoms with Crippen LogP contribution >= 0.6 is 0 Å². The average Bonchev–Trinajstić information content (AvgIpc) is 3.18. The molecule has 176 valence electrons. The van der Waals surface area contributed by atoms with Gasteiger partial charge in [-0.15, -0.1) is 0 Å². The Hall–Kier alpha value is -3.10. The Balaban J connectivity index is 1.95. The highest BCUT2D eigenvalue weighted by Gasteiger charge is 2.43. The monoisotopic (exact) mass is 464 g/mol. The molecule has 4 rings (SSSR count). The van der Waals surface area contributed by atoms with E-state index in [1.165, 1.54) is 24.1 Å². The second-order valence-electron chi connectivity index (χ2n) is 8.23. The van der Waals surface area contributed by atoms with E-state index >= 15 is 0 Å². The number of piperidine rings is 1. The number of carbonyl (C=O) groups excluding carboxylic acids is 1. The molecule has 0 saturated carbocycles. The zero-order valence-corrected chi connectivity index (χ0v) is 18.3. The van der Waals surface area contributed by atoms with E-state index in [2.05, 4.69) is 11.6 Å².